The number of alkyl halides is 3. The Bertz CT molecular complexity index is 518. The summed E-state index contributed by atoms with van der Waals surface area (Å²) in [5.74, 6) is -0.278. The van der Waals surface area contributed by atoms with Gasteiger partial charge >= 0.3 is 12.3 Å². The van der Waals surface area contributed by atoms with E-state index in [1.807, 2.05) is 0 Å². The summed E-state index contributed by atoms with van der Waals surface area (Å²) >= 11 is 5.51. The maximum atomic E-state index is 12.6. The van der Waals surface area contributed by atoms with Gasteiger partial charge in [-0.05, 0) is 6.07 Å². The van der Waals surface area contributed by atoms with E-state index in [4.69, 9.17) is 21.4 Å². The van der Waals surface area contributed by atoms with Gasteiger partial charge in [0.2, 0.25) is 5.88 Å². The lowest BCUT2D eigenvalue weighted by Gasteiger charge is -2.36. The highest BCUT2D eigenvalue weighted by molar-refractivity contribution is 6.29. The van der Waals surface area contributed by atoms with Gasteiger partial charge in [0.05, 0.1) is 12.2 Å². The van der Waals surface area contributed by atoms with E-state index < -0.39 is 17.8 Å². The molecule has 0 bridgehead atoms. The highest BCUT2D eigenvalue weighted by Crippen LogP contribution is 2.32. The molecule has 0 spiro atoms. The normalized spacial score (nSPS) is 15.9. The second kappa shape index (κ2) is 5.35. The van der Waals surface area contributed by atoms with Crippen molar-refractivity contribution in [1.82, 2.24) is 9.88 Å². The van der Waals surface area contributed by atoms with Gasteiger partial charge in [-0.1, -0.05) is 11.6 Å². The lowest BCUT2D eigenvalue weighted by atomic mass is 10.0. The van der Waals surface area contributed by atoms with Crippen LogP contribution in [0.2, 0.25) is 5.15 Å². The van der Waals surface area contributed by atoms with Crippen molar-refractivity contribution in [2.45, 2.75) is 6.18 Å². The quantitative estimate of drug-likeness (QED) is 0.872. The predicted octanol–water partition coefficient (Wildman–Crippen LogP) is 2.74. The molecule has 110 valence electrons. The molecular formula is C11H10ClF3N2O3. The molecule has 2 heterocycles. The van der Waals surface area contributed by atoms with E-state index >= 15 is 0 Å². The number of pyridine rings is 1. The number of amides is 1. The highest BCUT2D eigenvalue weighted by Gasteiger charge is 2.33. The molecule has 20 heavy (non-hydrogen) atoms. The molecule has 1 amide bonds. The van der Waals surface area contributed by atoms with Gasteiger partial charge in [-0.15, -0.1) is 0 Å². The first-order valence-corrected chi connectivity index (χ1v) is 5.99. The molecule has 0 aromatic carbocycles. The molecule has 0 aliphatic carbocycles. The Morgan fingerprint density at radius 2 is 2.15 bits per heavy atom. The first-order valence-electron chi connectivity index (χ1n) is 5.61. The number of halogens is 4. The molecule has 1 saturated heterocycles. The largest absolute Gasteiger partial charge is 0.477 e. The van der Waals surface area contributed by atoms with E-state index in [0.29, 0.717) is 19.2 Å². The van der Waals surface area contributed by atoms with Crippen molar-refractivity contribution in [3.8, 4) is 5.88 Å². The number of nitrogens with zero attached hydrogens (tertiary/aromatic N) is 2. The molecule has 1 aromatic rings. The van der Waals surface area contributed by atoms with Crippen LogP contribution in [0.1, 0.15) is 5.56 Å². The first-order chi connectivity index (χ1) is 9.25. The van der Waals surface area contributed by atoms with Gasteiger partial charge in [0.1, 0.15) is 5.15 Å². The van der Waals surface area contributed by atoms with Crippen LogP contribution < -0.4 is 4.74 Å². The zero-order valence-electron chi connectivity index (χ0n) is 10.0. The fourth-order valence-electron chi connectivity index (χ4n) is 1.75. The van der Waals surface area contributed by atoms with Crippen molar-refractivity contribution in [1.29, 1.82) is 0 Å². The van der Waals surface area contributed by atoms with Crippen LogP contribution >= 0.6 is 11.6 Å². The third-order valence-corrected chi connectivity index (χ3v) is 2.99. The molecule has 2 rings (SSSR count). The molecule has 1 N–H and O–H groups in total. The molecule has 9 heteroatoms. The molecule has 0 saturated carbocycles. The third kappa shape index (κ3) is 3.44. The Kier molecular flexibility index (Phi) is 3.94. The number of hydrogen-bond donors (Lipinski definition) is 1. The molecule has 1 aliphatic rings. The van der Waals surface area contributed by atoms with Crippen LogP contribution in [0.25, 0.3) is 0 Å². The average molecular weight is 311 g/mol. The summed E-state index contributed by atoms with van der Waals surface area (Å²) in [5, 5.41) is 8.32. The van der Waals surface area contributed by atoms with Crippen molar-refractivity contribution in [2.24, 2.45) is 5.92 Å². The van der Waals surface area contributed by atoms with E-state index in [1.54, 1.807) is 0 Å². The molecule has 1 fully saturated rings. The molecule has 0 radical (unpaired) electrons. The molecule has 5 nitrogen and oxygen atoms in total. The minimum absolute atomic E-state index is 0.0544. The highest BCUT2D eigenvalue weighted by atomic mass is 35.5. The third-order valence-electron chi connectivity index (χ3n) is 2.79. The Labute approximate surface area is 116 Å². The number of rotatable bonds is 3. The van der Waals surface area contributed by atoms with Crippen LogP contribution in [0.4, 0.5) is 18.0 Å². The Morgan fingerprint density at radius 1 is 1.50 bits per heavy atom. The van der Waals surface area contributed by atoms with Crippen LogP contribution in [-0.2, 0) is 6.18 Å². The maximum absolute atomic E-state index is 12.6. The number of carboxylic acid groups (broad SMARTS) is 1. The number of hydrogen-bond acceptors (Lipinski definition) is 3. The van der Waals surface area contributed by atoms with Gasteiger partial charge in [0.25, 0.3) is 0 Å². The maximum Gasteiger partial charge on any atom is 0.416 e. The predicted molar refractivity (Wildman–Crippen MR) is 62.8 cm³/mol. The van der Waals surface area contributed by atoms with Crippen LogP contribution in [0.3, 0.4) is 0 Å². The van der Waals surface area contributed by atoms with Gasteiger partial charge in [-0.25, -0.2) is 9.78 Å². The number of ether oxygens (including phenoxy) is 1. The summed E-state index contributed by atoms with van der Waals surface area (Å²) in [4.78, 5) is 15.4. The van der Waals surface area contributed by atoms with Gasteiger partial charge in [0.15, 0.2) is 0 Å². The van der Waals surface area contributed by atoms with E-state index in [9.17, 15) is 18.0 Å². The number of likely N-dealkylation sites (tertiary alicyclic amines) is 1. The average Bonchev–Trinajstić information content (AvgIpc) is 2.24. The zero-order valence-corrected chi connectivity index (χ0v) is 10.8. The molecule has 1 aromatic heterocycles. The van der Waals surface area contributed by atoms with Crippen molar-refractivity contribution in [3.63, 3.8) is 0 Å². The van der Waals surface area contributed by atoms with E-state index in [1.165, 1.54) is 4.90 Å². The molecule has 0 unspecified atom stereocenters. The standard InChI is InChI=1S/C11H10ClF3N2O3/c12-8-1-7(11(13,14)15)2-9(16-8)20-5-6-3-17(4-6)10(18)19/h1-2,6H,3-5H2,(H,18,19). The zero-order chi connectivity index (χ0) is 14.9. The minimum atomic E-state index is -4.53. The summed E-state index contributed by atoms with van der Waals surface area (Å²) in [6.45, 7) is 0.679. The summed E-state index contributed by atoms with van der Waals surface area (Å²) in [7, 11) is 0. The summed E-state index contributed by atoms with van der Waals surface area (Å²) in [6.07, 6.45) is -5.55. The molecular weight excluding hydrogens is 301 g/mol. The van der Waals surface area contributed by atoms with Gasteiger partial charge < -0.3 is 14.7 Å². The van der Waals surface area contributed by atoms with Gasteiger partial charge in [-0.2, -0.15) is 13.2 Å². The van der Waals surface area contributed by atoms with Crippen LogP contribution in [-0.4, -0.2) is 40.8 Å². The van der Waals surface area contributed by atoms with Crippen molar-refractivity contribution in [2.75, 3.05) is 19.7 Å². The second-order valence-corrected chi connectivity index (χ2v) is 4.77. The first kappa shape index (κ1) is 14.7. The van der Waals surface area contributed by atoms with Crippen LogP contribution in [0.5, 0.6) is 5.88 Å². The fraction of sp³-hybridized carbons (Fsp3) is 0.455. The van der Waals surface area contributed by atoms with E-state index in [2.05, 4.69) is 4.98 Å². The smallest absolute Gasteiger partial charge is 0.416 e. The van der Waals surface area contributed by atoms with Crippen molar-refractivity contribution in [3.05, 3.63) is 22.8 Å². The van der Waals surface area contributed by atoms with E-state index in [-0.39, 0.29) is 23.6 Å². The fourth-order valence-corrected chi connectivity index (χ4v) is 1.95. The number of carbonyl (C=O) groups is 1. The topological polar surface area (TPSA) is 62.7 Å². The summed E-state index contributed by atoms with van der Waals surface area (Å²) in [5.41, 5.74) is -0.937. The Balaban J connectivity index is 1.94. The van der Waals surface area contributed by atoms with Crippen LogP contribution in [0, 0.1) is 5.92 Å². The van der Waals surface area contributed by atoms with Gasteiger partial charge in [0, 0.05) is 25.1 Å². The minimum Gasteiger partial charge on any atom is -0.477 e. The summed E-state index contributed by atoms with van der Waals surface area (Å²) in [6, 6.07) is 1.48. The van der Waals surface area contributed by atoms with Crippen LogP contribution in [0.15, 0.2) is 12.1 Å². The molecule has 1 aliphatic heterocycles. The van der Waals surface area contributed by atoms with E-state index in [0.717, 1.165) is 6.07 Å². The van der Waals surface area contributed by atoms with Crippen molar-refractivity contribution >= 4 is 17.7 Å². The number of aromatic nitrogens is 1. The monoisotopic (exact) mass is 310 g/mol. The Hall–Kier alpha value is -1.70. The Morgan fingerprint density at radius 3 is 2.70 bits per heavy atom. The molecule has 0 atom stereocenters. The SMILES string of the molecule is O=C(O)N1CC(COc2cc(C(F)(F)F)cc(Cl)n2)C1. The lowest BCUT2D eigenvalue weighted by Crippen LogP contribution is -2.51. The van der Waals surface area contributed by atoms with Crippen molar-refractivity contribution < 1.29 is 27.8 Å². The second-order valence-electron chi connectivity index (χ2n) is 4.38. The van der Waals surface area contributed by atoms with Gasteiger partial charge in [-0.3, -0.25) is 0 Å². The lowest BCUT2D eigenvalue weighted by molar-refractivity contribution is -0.137. The summed E-state index contributed by atoms with van der Waals surface area (Å²) < 4.78 is 42.8.